The molecular weight excluding hydrogens is 342 g/mol. The lowest BCUT2D eigenvalue weighted by Crippen LogP contribution is -2.13. The van der Waals surface area contributed by atoms with Gasteiger partial charge >= 0.3 is 0 Å². The van der Waals surface area contributed by atoms with E-state index in [0.717, 1.165) is 5.39 Å². The van der Waals surface area contributed by atoms with E-state index >= 15 is 0 Å². The molecule has 2 atom stereocenters. The molecule has 4 rings (SSSR count). The number of hydrogen-bond donors (Lipinski definition) is 1. The predicted octanol–water partition coefficient (Wildman–Crippen LogP) is 4.05. The highest BCUT2D eigenvalue weighted by atomic mass is 16.5. The molecule has 5 heteroatoms. The number of nitrogens with zero attached hydrogens (tertiary/aromatic N) is 1. The van der Waals surface area contributed by atoms with Crippen LogP contribution in [0.25, 0.3) is 10.9 Å². The van der Waals surface area contributed by atoms with Gasteiger partial charge in [-0.05, 0) is 37.6 Å². The van der Waals surface area contributed by atoms with Crippen molar-refractivity contribution >= 4 is 16.7 Å². The summed E-state index contributed by atoms with van der Waals surface area (Å²) in [5.41, 5.74) is 2.27. The molecule has 1 heterocycles. The Morgan fingerprint density at radius 1 is 0.963 bits per heavy atom. The first-order valence-electron chi connectivity index (χ1n) is 9.16. The molecule has 0 amide bonds. The van der Waals surface area contributed by atoms with Crippen LogP contribution in [-0.4, -0.2) is 29.1 Å². The fraction of sp³-hybridized carbons (Fsp3) is 0.273. The van der Waals surface area contributed by atoms with Crippen LogP contribution in [0.5, 0.6) is 11.5 Å². The number of aliphatic hydroxyl groups excluding tert-OH is 1. The molecule has 2 unspecified atom stereocenters. The number of pyridine rings is 1. The van der Waals surface area contributed by atoms with Crippen molar-refractivity contribution in [3.63, 3.8) is 0 Å². The highest BCUT2D eigenvalue weighted by molar-refractivity contribution is 6.08. The van der Waals surface area contributed by atoms with Crippen molar-refractivity contribution in [1.82, 2.24) is 4.98 Å². The molecule has 1 aliphatic carbocycles. The lowest BCUT2D eigenvalue weighted by Gasteiger charge is -2.15. The molecule has 0 fully saturated rings. The van der Waals surface area contributed by atoms with Gasteiger partial charge in [-0.1, -0.05) is 30.3 Å². The Labute approximate surface area is 157 Å². The summed E-state index contributed by atoms with van der Waals surface area (Å²) in [4.78, 5) is 17.8. The summed E-state index contributed by atoms with van der Waals surface area (Å²) < 4.78 is 11.3. The van der Waals surface area contributed by atoms with Crippen LogP contribution >= 0.6 is 0 Å². The van der Waals surface area contributed by atoms with Crippen LogP contribution in [0.15, 0.2) is 48.5 Å². The van der Waals surface area contributed by atoms with Crippen molar-refractivity contribution in [3.05, 3.63) is 65.4 Å². The molecule has 2 aromatic carbocycles. The second-order valence-corrected chi connectivity index (χ2v) is 6.44. The van der Waals surface area contributed by atoms with Crippen molar-refractivity contribution in [1.29, 1.82) is 0 Å². The smallest absolute Gasteiger partial charge is 0.178 e. The van der Waals surface area contributed by atoms with Crippen LogP contribution in [0.2, 0.25) is 0 Å². The maximum Gasteiger partial charge on any atom is 0.178 e. The van der Waals surface area contributed by atoms with Crippen LogP contribution in [0, 0.1) is 0 Å². The normalized spacial score (nSPS) is 18.6. The summed E-state index contributed by atoms with van der Waals surface area (Å²) in [6.07, 6.45) is -0.947. The number of benzene rings is 2. The minimum Gasteiger partial charge on any atom is -0.493 e. The number of para-hydroxylation sites is 1. The third-order valence-electron chi connectivity index (χ3n) is 4.84. The van der Waals surface area contributed by atoms with Crippen molar-refractivity contribution in [2.75, 3.05) is 13.2 Å². The number of hydrogen-bond acceptors (Lipinski definition) is 5. The van der Waals surface area contributed by atoms with Gasteiger partial charge in [0.2, 0.25) is 0 Å². The Bertz CT molecular complexity index is 1010. The molecule has 0 aliphatic heterocycles. The summed E-state index contributed by atoms with van der Waals surface area (Å²) in [7, 11) is 0. The van der Waals surface area contributed by atoms with Gasteiger partial charge < -0.3 is 14.6 Å². The Balaban J connectivity index is 1.81. The van der Waals surface area contributed by atoms with E-state index in [1.165, 1.54) is 0 Å². The lowest BCUT2D eigenvalue weighted by molar-refractivity contribution is 0.0867. The van der Waals surface area contributed by atoms with Crippen LogP contribution in [-0.2, 0) is 0 Å². The van der Waals surface area contributed by atoms with Crippen LogP contribution in [0.1, 0.15) is 47.5 Å². The highest BCUT2D eigenvalue weighted by Crippen LogP contribution is 2.45. The zero-order valence-electron chi connectivity index (χ0n) is 15.3. The van der Waals surface area contributed by atoms with Crippen molar-refractivity contribution < 1.29 is 19.4 Å². The topological polar surface area (TPSA) is 68.7 Å². The Kier molecular flexibility index (Phi) is 4.54. The van der Waals surface area contributed by atoms with Gasteiger partial charge in [0.25, 0.3) is 0 Å². The number of carbonyl (C=O) groups is 1. The zero-order valence-corrected chi connectivity index (χ0v) is 15.3. The molecular formula is C22H21NO4. The standard InChI is InChI=1S/C22H21NO4/c1-3-26-16-9-6-8-14-18(16)22(25)19(21(14)24)15-12-11-13-7-5-10-17(27-4-2)20(13)23-15/h5-12,19,21,24H,3-4H2,1-2H3. The van der Waals surface area contributed by atoms with E-state index in [1.54, 1.807) is 24.3 Å². The summed E-state index contributed by atoms with van der Waals surface area (Å²) in [6.45, 7) is 4.77. The summed E-state index contributed by atoms with van der Waals surface area (Å²) >= 11 is 0. The van der Waals surface area contributed by atoms with E-state index in [1.807, 2.05) is 38.1 Å². The molecule has 1 N–H and O–H groups in total. The molecule has 138 valence electrons. The minimum atomic E-state index is -0.947. The maximum atomic E-state index is 13.1. The average molecular weight is 363 g/mol. The Morgan fingerprint density at radius 3 is 2.44 bits per heavy atom. The first-order chi connectivity index (χ1) is 13.2. The molecule has 3 aromatic rings. The quantitative estimate of drug-likeness (QED) is 0.741. The predicted molar refractivity (Wildman–Crippen MR) is 103 cm³/mol. The van der Waals surface area contributed by atoms with Gasteiger partial charge in [0, 0.05) is 5.39 Å². The Morgan fingerprint density at radius 2 is 1.67 bits per heavy atom. The molecule has 0 saturated carbocycles. The summed E-state index contributed by atoms with van der Waals surface area (Å²) in [5.74, 6) is 0.268. The number of rotatable bonds is 5. The number of ether oxygens (including phenoxy) is 2. The van der Waals surface area contributed by atoms with Gasteiger partial charge in [-0.2, -0.15) is 0 Å². The van der Waals surface area contributed by atoms with Gasteiger partial charge in [0.1, 0.15) is 17.0 Å². The number of aliphatic hydroxyl groups is 1. The first-order valence-corrected chi connectivity index (χ1v) is 9.16. The second kappa shape index (κ2) is 7.00. The molecule has 0 radical (unpaired) electrons. The van der Waals surface area contributed by atoms with Crippen LogP contribution < -0.4 is 9.47 Å². The van der Waals surface area contributed by atoms with E-state index in [4.69, 9.17) is 9.47 Å². The number of ketones is 1. The highest BCUT2D eigenvalue weighted by Gasteiger charge is 2.42. The fourth-order valence-corrected chi connectivity index (χ4v) is 3.69. The van der Waals surface area contributed by atoms with E-state index < -0.39 is 12.0 Å². The van der Waals surface area contributed by atoms with E-state index in [9.17, 15) is 9.90 Å². The summed E-state index contributed by atoms with van der Waals surface area (Å²) in [5, 5.41) is 11.8. The average Bonchev–Trinajstić information content (AvgIpc) is 2.94. The molecule has 27 heavy (non-hydrogen) atoms. The maximum absolute atomic E-state index is 13.1. The Hall–Kier alpha value is -2.92. The largest absolute Gasteiger partial charge is 0.493 e. The molecule has 0 bridgehead atoms. The molecule has 0 spiro atoms. The fourth-order valence-electron chi connectivity index (χ4n) is 3.69. The molecule has 1 aliphatic rings. The first kappa shape index (κ1) is 17.5. The van der Waals surface area contributed by atoms with Gasteiger partial charge in [0.15, 0.2) is 5.78 Å². The number of Topliss-reactive ketones (excluding diaryl/α,β-unsaturated/α-hetero) is 1. The van der Waals surface area contributed by atoms with Crippen molar-refractivity contribution in [3.8, 4) is 11.5 Å². The van der Waals surface area contributed by atoms with Crippen LogP contribution in [0.3, 0.4) is 0 Å². The molecule has 1 aromatic heterocycles. The number of fused-ring (bicyclic) bond motifs is 2. The van der Waals surface area contributed by atoms with Crippen molar-refractivity contribution in [2.24, 2.45) is 0 Å². The third-order valence-corrected chi connectivity index (χ3v) is 4.84. The summed E-state index contributed by atoms with van der Waals surface area (Å²) in [6, 6.07) is 14.8. The molecule has 5 nitrogen and oxygen atoms in total. The minimum absolute atomic E-state index is 0.165. The SMILES string of the molecule is CCOc1cccc2c1C(=O)C(c1ccc3cccc(OCC)c3n1)C2O. The van der Waals surface area contributed by atoms with E-state index in [0.29, 0.717) is 47.1 Å². The third kappa shape index (κ3) is 2.84. The van der Waals surface area contributed by atoms with Gasteiger partial charge in [0.05, 0.1) is 36.5 Å². The van der Waals surface area contributed by atoms with Gasteiger partial charge in [-0.25, -0.2) is 4.98 Å². The monoisotopic (exact) mass is 363 g/mol. The molecule has 0 saturated heterocycles. The number of aromatic nitrogens is 1. The van der Waals surface area contributed by atoms with E-state index in [2.05, 4.69) is 4.98 Å². The number of carbonyl (C=O) groups excluding carboxylic acids is 1. The zero-order chi connectivity index (χ0) is 19.0. The van der Waals surface area contributed by atoms with E-state index in [-0.39, 0.29) is 5.78 Å². The van der Waals surface area contributed by atoms with Gasteiger partial charge in [-0.15, -0.1) is 0 Å². The van der Waals surface area contributed by atoms with Crippen LogP contribution in [0.4, 0.5) is 0 Å². The lowest BCUT2D eigenvalue weighted by atomic mass is 9.97. The van der Waals surface area contributed by atoms with Gasteiger partial charge in [-0.3, -0.25) is 4.79 Å². The second-order valence-electron chi connectivity index (χ2n) is 6.44. The van der Waals surface area contributed by atoms with Crippen molar-refractivity contribution in [2.45, 2.75) is 25.9 Å².